The summed E-state index contributed by atoms with van der Waals surface area (Å²) in [7, 11) is 3.34. The van der Waals surface area contributed by atoms with Gasteiger partial charge in [0.1, 0.15) is 29.7 Å². The summed E-state index contributed by atoms with van der Waals surface area (Å²) in [5.74, 6) is 3.29. The average molecular weight is 400 g/mol. The summed E-state index contributed by atoms with van der Waals surface area (Å²) in [6.45, 7) is 1.10. The minimum Gasteiger partial charge on any atom is -0.497 e. The Bertz CT molecular complexity index is 1140. The van der Waals surface area contributed by atoms with Gasteiger partial charge in [0.2, 0.25) is 0 Å². The van der Waals surface area contributed by atoms with E-state index in [0.717, 1.165) is 45.1 Å². The van der Waals surface area contributed by atoms with Gasteiger partial charge in [-0.25, -0.2) is 4.98 Å². The Labute approximate surface area is 176 Å². The van der Waals surface area contributed by atoms with Gasteiger partial charge < -0.3 is 19.5 Å². The van der Waals surface area contributed by atoms with Crippen molar-refractivity contribution in [3.8, 4) is 17.2 Å². The van der Waals surface area contributed by atoms with Crippen molar-refractivity contribution in [2.24, 2.45) is 0 Å². The lowest BCUT2D eigenvalue weighted by Crippen LogP contribution is -2.03. The normalized spacial score (nSPS) is 10.6. The molecule has 4 rings (SSSR count). The van der Waals surface area contributed by atoms with E-state index in [0.29, 0.717) is 13.2 Å². The second-order valence-electron chi connectivity index (χ2n) is 6.82. The van der Waals surface area contributed by atoms with Crippen LogP contribution in [0, 0.1) is 0 Å². The highest BCUT2D eigenvalue weighted by atomic mass is 16.5. The molecule has 1 heterocycles. The first-order valence-corrected chi connectivity index (χ1v) is 9.78. The summed E-state index contributed by atoms with van der Waals surface area (Å²) in [5, 5.41) is 4.35. The number of anilines is 1. The SMILES string of the molecule is COc1cccc(COc2cccc3nc(NCc4ccccc4OC)ccc23)c1. The van der Waals surface area contributed by atoms with Crippen LogP contribution in [-0.2, 0) is 13.2 Å². The fourth-order valence-corrected chi connectivity index (χ4v) is 3.31. The van der Waals surface area contributed by atoms with Gasteiger partial charge in [-0.05, 0) is 48.0 Å². The molecule has 0 aliphatic rings. The minimum atomic E-state index is 0.462. The van der Waals surface area contributed by atoms with E-state index in [1.807, 2.05) is 78.9 Å². The molecule has 0 amide bonds. The molecule has 5 heteroatoms. The maximum absolute atomic E-state index is 6.07. The van der Waals surface area contributed by atoms with Crippen molar-refractivity contribution >= 4 is 16.7 Å². The van der Waals surface area contributed by atoms with E-state index < -0.39 is 0 Å². The Morgan fingerprint density at radius 2 is 1.63 bits per heavy atom. The maximum Gasteiger partial charge on any atom is 0.129 e. The van der Waals surface area contributed by atoms with Gasteiger partial charge in [-0.15, -0.1) is 0 Å². The Balaban J connectivity index is 1.49. The second-order valence-corrected chi connectivity index (χ2v) is 6.82. The number of nitrogens with one attached hydrogen (secondary N) is 1. The van der Waals surface area contributed by atoms with E-state index >= 15 is 0 Å². The topological polar surface area (TPSA) is 52.6 Å². The number of ether oxygens (including phenoxy) is 3. The lowest BCUT2D eigenvalue weighted by molar-refractivity contribution is 0.309. The van der Waals surface area contributed by atoms with Crippen LogP contribution in [0.15, 0.2) is 78.9 Å². The van der Waals surface area contributed by atoms with Gasteiger partial charge in [0, 0.05) is 17.5 Å². The van der Waals surface area contributed by atoms with Gasteiger partial charge in [0.05, 0.1) is 19.7 Å². The number of hydrogen-bond donors (Lipinski definition) is 1. The van der Waals surface area contributed by atoms with Gasteiger partial charge in [-0.3, -0.25) is 0 Å². The summed E-state index contributed by atoms with van der Waals surface area (Å²) >= 11 is 0. The number of hydrogen-bond acceptors (Lipinski definition) is 5. The van der Waals surface area contributed by atoms with E-state index in [9.17, 15) is 0 Å². The van der Waals surface area contributed by atoms with Gasteiger partial charge >= 0.3 is 0 Å². The van der Waals surface area contributed by atoms with Crippen molar-refractivity contribution in [2.75, 3.05) is 19.5 Å². The highest BCUT2D eigenvalue weighted by molar-refractivity contribution is 5.86. The minimum absolute atomic E-state index is 0.462. The zero-order chi connectivity index (χ0) is 20.8. The number of para-hydroxylation sites is 1. The average Bonchev–Trinajstić information content (AvgIpc) is 2.81. The van der Waals surface area contributed by atoms with Gasteiger partial charge in [-0.2, -0.15) is 0 Å². The fraction of sp³-hybridized carbons (Fsp3) is 0.160. The van der Waals surface area contributed by atoms with Crippen LogP contribution >= 0.6 is 0 Å². The molecule has 0 saturated heterocycles. The zero-order valence-corrected chi connectivity index (χ0v) is 17.1. The lowest BCUT2D eigenvalue weighted by Gasteiger charge is -2.12. The predicted molar refractivity (Wildman–Crippen MR) is 119 cm³/mol. The monoisotopic (exact) mass is 400 g/mol. The second kappa shape index (κ2) is 9.18. The van der Waals surface area contributed by atoms with E-state index in [1.165, 1.54) is 0 Å². The summed E-state index contributed by atoms with van der Waals surface area (Å²) in [5.41, 5.74) is 3.01. The van der Waals surface area contributed by atoms with Gasteiger partial charge in [0.15, 0.2) is 0 Å². The Morgan fingerprint density at radius 1 is 0.800 bits per heavy atom. The highest BCUT2D eigenvalue weighted by Crippen LogP contribution is 2.27. The first kappa shape index (κ1) is 19.6. The summed E-state index contributed by atoms with van der Waals surface area (Å²) in [6, 6.07) is 25.7. The van der Waals surface area contributed by atoms with Crippen molar-refractivity contribution in [3.63, 3.8) is 0 Å². The molecule has 5 nitrogen and oxygen atoms in total. The van der Waals surface area contributed by atoms with Crippen molar-refractivity contribution in [2.45, 2.75) is 13.2 Å². The molecule has 152 valence electrons. The number of pyridine rings is 1. The molecule has 4 aromatic rings. The van der Waals surface area contributed by atoms with Crippen LogP contribution in [0.1, 0.15) is 11.1 Å². The van der Waals surface area contributed by atoms with Crippen molar-refractivity contribution in [3.05, 3.63) is 90.0 Å². The van der Waals surface area contributed by atoms with Crippen LogP contribution in [0.4, 0.5) is 5.82 Å². The van der Waals surface area contributed by atoms with Crippen LogP contribution in [0.5, 0.6) is 17.2 Å². The molecule has 0 radical (unpaired) electrons. The van der Waals surface area contributed by atoms with Gasteiger partial charge in [-0.1, -0.05) is 36.4 Å². The zero-order valence-electron chi connectivity index (χ0n) is 17.1. The molecule has 0 aliphatic carbocycles. The van der Waals surface area contributed by atoms with Gasteiger partial charge in [0.25, 0.3) is 0 Å². The number of fused-ring (bicyclic) bond motifs is 1. The molecule has 0 saturated carbocycles. The van der Waals surface area contributed by atoms with Crippen molar-refractivity contribution in [1.29, 1.82) is 0 Å². The number of benzene rings is 3. The summed E-state index contributed by atoms with van der Waals surface area (Å²) < 4.78 is 16.8. The maximum atomic E-state index is 6.07. The number of aromatic nitrogens is 1. The standard InChI is InChI=1S/C25H24N2O3/c1-28-20-9-5-7-18(15-20)17-30-24-12-6-10-22-21(24)13-14-25(27-22)26-16-19-8-3-4-11-23(19)29-2/h3-15H,16-17H2,1-2H3,(H,26,27). The van der Waals surface area contributed by atoms with E-state index in [1.54, 1.807) is 14.2 Å². The first-order valence-electron chi connectivity index (χ1n) is 9.78. The fourth-order valence-electron chi connectivity index (χ4n) is 3.31. The third-order valence-electron chi connectivity index (χ3n) is 4.87. The van der Waals surface area contributed by atoms with Crippen LogP contribution in [-0.4, -0.2) is 19.2 Å². The molecule has 0 atom stereocenters. The van der Waals surface area contributed by atoms with Crippen molar-refractivity contribution < 1.29 is 14.2 Å². The number of rotatable bonds is 8. The molecule has 0 bridgehead atoms. The number of methoxy groups -OCH3 is 2. The predicted octanol–water partition coefficient (Wildman–Crippen LogP) is 5.44. The Hall–Kier alpha value is -3.73. The molecule has 3 aromatic carbocycles. The lowest BCUT2D eigenvalue weighted by atomic mass is 10.2. The molecule has 0 unspecified atom stereocenters. The van der Waals surface area contributed by atoms with E-state index in [2.05, 4.69) is 5.32 Å². The molecule has 0 spiro atoms. The third kappa shape index (κ3) is 4.46. The molecule has 1 aromatic heterocycles. The third-order valence-corrected chi connectivity index (χ3v) is 4.87. The Kier molecular flexibility index (Phi) is 5.99. The molecule has 0 fully saturated rings. The quantitative estimate of drug-likeness (QED) is 0.427. The Morgan fingerprint density at radius 3 is 2.50 bits per heavy atom. The smallest absolute Gasteiger partial charge is 0.129 e. The number of nitrogens with zero attached hydrogens (tertiary/aromatic N) is 1. The van der Waals surface area contributed by atoms with Crippen molar-refractivity contribution in [1.82, 2.24) is 4.98 Å². The molecule has 1 N–H and O–H groups in total. The van der Waals surface area contributed by atoms with Crippen LogP contribution in [0.25, 0.3) is 10.9 Å². The largest absolute Gasteiger partial charge is 0.497 e. The molecular formula is C25H24N2O3. The molecule has 30 heavy (non-hydrogen) atoms. The molecule has 0 aliphatic heterocycles. The molecular weight excluding hydrogens is 376 g/mol. The first-order chi connectivity index (χ1) is 14.8. The van der Waals surface area contributed by atoms with Crippen LogP contribution < -0.4 is 19.5 Å². The highest BCUT2D eigenvalue weighted by Gasteiger charge is 2.07. The summed E-state index contributed by atoms with van der Waals surface area (Å²) in [4.78, 5) is 4.74. The van der Waals surface area contributed by atoms with Crippen LogP contribution in [0.2, 0.25) is 0 Å². The van der Waals surface area contributed by atoms with Crippen LogP contribution in [0.3, 0.4) is 0 Å². The van der Waals surface area contributed by atoms with E-state index in [-0.39, 0.29) is 0 Å². The summed E-state index contributed by atoms with van der Waals surface area (Å²) in [6.07, 6.45) is 0. The van der Waals surface area contributed by atoms with E-state index in [4.69, 9.17) is 19.2 Å².